The van der Waals surface area contributed by atoms with Crippen LogP contribution in [0.5, 0.6) is 0 Å². The third-order valence-electron chi connectivity index (χ3n) is 3.65. The molecule has 2 rings (SSSR count). The van der Waals surface area contributed by atoms with Crippen LogP contribution >= 0.6 is 15.9 Å². The topological polar surface area (TPSA) is 42.0 Å². The van der Waals surface area contributed by atoms with Crippen molar-refractivity contribution in [3.05, 3.63) is 28.5 Å². The third kappa shape index (κ3) is 3.31. The number of pyridine rings is 1. The Labute approximate surface area is 117 Å². The molecular weight excluding hydrogens is 292 g/mol. The predicted molar refractivity (Wildman–Crippen MR) is 75.4 cm³/mol. The van der Waals surface area contributed by atoms with Crippen molar-refractivity contribution in [2.75, 3.05) is 0 Å². The quantitative estimate of drug-likeness (QED) is 0.907. The Morgan fingerprint density at radius 2 is 2.11 bits per heavy atom. The van der Waals surface area contributed by atoms with Gasteiger partial charge < -0.3 is 5.32 Å². The van der Waals surface area contributed by atoms with Crippen molar-refractivity contribution in [2.24, 2.45) is 5.41 Å². The minimum Gasteiger partial charge on any atom is -0.348 e. The minimum absolute atomic E-state index is 0.0767. The number of aromatic nitrogens is 1. The summed E-state index contributed by atoms with van der Waals surface area (Å²) in [7, 11) is 0. The highest BCUT2D eigenvalue weighted by Gasteiger charge is 2.28. The molecule has 1 amide bonds. The van der Waals surface area contributed by atoms with Gasteiger partial charge in [-0.05, 0) is 59.2 Å². The zero-order valence-electron chi connectivity index (χ0n) is 10.9. The number of carbonyl (C=O) groups is 1. The van der Waals surface area contributed by atoms with E-state index in [1.165, 1.54) is 12.8 Å². The summed E-state index contributed by atoms with van der Waals surface area (Å²) >= 11 is 3.36. The number of rotatable bonds is 2. The Balaban J connectivity index is 1.95. The van der Waals surface area contributed by atoms with Gasteiger partial charge in [0.05, 0.1) is 0 Å². The Bertz CT molecular complexity index is 435. The van der Waals surface area contributed by atoms with Crippen molar-refractivity contribution in [1.82, 2.24) is 10.3 Å². The minimum atomic E-state index is -0.0767. The molecule has 0 aliphatic heterocycles. The molecule has 3 nitrogen and oxygen atoms in total. The molecule has 1 fully saturated rings. The van der Waals surface area contributed by atoms with Gasteiger partial charge in [0, 0.05) is 16.7 Å². The fourth-order valence-corrected chi connectivity index (χ4v) is 2.79. The number of nitrogens with zero attached hydrogens (tertiary/aromatic N) is 1. The summed E-state index contributed by atoms with van der Waals surface area (Å²) in [5, 5.41) is 3.08. The molecule has 1 N–H and O–H groups in total. The van der Waals surface area contributed by atoms with Gasteiger partial charge in [0.25, 0.3) is 5.91 Å². The highest BCUT2D eigenvalue weighted by atomic mass is 79.9. The average Bonchev–Trinajstić information content (AvgIpc) is 2.32. The molecule has 1 aromatic heterocycles. The van der Waals surface area contributed by atoms with E-state index in [4.69, 9.17) is 0 Å². The molecule has 98 valence electrons. The van der Waals surface area contributed by atoms with Gasteiger partial charge in [0.1, 0.15) is 5.69 Å². The number of amides is 1. The first-order valence-electron chi connectivity index (χ1n) is 6.39. The zero-order chi connectivity index (χ0) is 13.2. The van der Waals surface area contributed by atoms with E-state index < -0.39 is 0 Å². The predicted octanol–water partition coefficient (Wildman–Crippen LogP) is 3.54. The van der Waals surface area contributed by atoms with E-state index in [0.717, 1.165) is 17.3 Å². The monoisotopic (exact) mass is 310 g/mol. The fourth-order valence-electron chi connectivity index (χ4n) is 2.35. The van der Waals surface area contributed by atoms with Gasteiger partial charge in [-0.2, -0.15) is 0 Å². The van der Waals surface area contributed by atoms with Gasteiger partial charge in [0.15, 0.2) is 0 Å². The van der Waals surface area contributed by atoms with Crippen LogP contribution < -0.4 is 5.32 Å². The van der Waals surface area contributed by atoms with E-state index in [1.54, 1.807) is 6.20 Å². The first-order valence-corrected chi connectivity index (χ1v) is 7.19. The molecule has 1 aliphatic carbocycles. The highest BCUT2D eigenvalue weighted by molar-refractivity contribution is 9.10. The van der Waals surface area contributed by atoms with Crippen molar-refractivity contribution >= 4 is 21.8 Å². The van der Waals surface area contributed by atoms with Crippen LogP contribution in [0.3, 0.4) is 0 Å². The van der Waals surface area contributed by atoms with E-state index in [0.29, 0.717) is 17.2 Å². The van der Waals surface area contributed by atoms with E-state index in [1.807, 2.05) is 12.1 Å². The van der Waals surface area contributed by atoms with E-state index >= 15 is 0 Å². The highest BCUT2D eigenvalue weighted by Crippen LogP contribution is 2.35. The summed E-state index contributed by atoms with van der Waals surface area (Å²) in [6, 6.07) is 3.94. The molecule has 0 radical (unpaired) electrons. The van der Waals surface area contributed by atoms with E-state index in [9.17, 15) is 4.79 Å². The molecule has 0 unspecified atom stereocenters. The molecular formula is C14H19BrN2O. The van der Waals surface area contributed by atoms with E-state index in [2.05, 4.69) is 40.1 Å². The molecule has 0 spiro atoms. The maximum Gasteiger partial charge on any atom is 0.271 e. The molecule has 1 heterocycles. The third-order valence-corrected chi connectivity index (χ3v) is 4.29. The summed E-state index contributed by atoms with van der Waals surface area (Å²) in [6.45, 7) is 4.58. The lowest BCUT2D eigenvalue weighted by Crippen LogP contribution is -2.39. The Morgan fingerprint density at radius 3 is 2.72 bits per heavy atom. The lowest BCUT2D eigenvalue weighted by molar-refractivity contribution is 0.0903. The SMILES string of the molecule is CC1(C)CCC(NC(=O)c2ncccc2Br)CC1. The van der Waals surface area contributed by atoms with Gasteiger partial charge in [-0.1, -0.05) is 13.8 Å². The lowest BCUT2D eigenvalue weighted by atomic mass is 9.75. The van der Waals surface area contributed by atoms with Crippen molar-refractivity contribution < 1.29 is 4.79 Å². The number of halogens is 1. The van der Waals surface area contributed by atoms with Crippen LogP contribution in [-0.2, 0) is 0 Å². The second kappa shape index (κ2) is 5.39. The van der Waals surface area contributed by atoms with Gasteiger partial charge in [-0.3, -0.25) is 4.79 Å². The zero-order valence-corrected chi connectivity index (χ0v) is 12.5. The maximum atomic E-state index is 12.1. The van der Waals surface area contributed by atoms with Crippen molar-refractivity contribution in [3.63, 3.8) is 0 Å². The van der Waals surface area contributed by atoms with Crippen molar-refractivity contribution in [1.29, 1.82) is 0 Å². The molecule has 1 saturated carbocycles. The summed E-state index contributed by atoms with van der Waals surface area (Å²) in [4.78, 5) is 16.2. The summed E-state index contributed by atoms with van der Waals surface area (Å²) in [5.41, 5.74) is 0.898. The lowest BCUT2D eigenvalue weighted by Gasteiger charge is -2.34. The number of nitrogens with one attached hydrogen (secondary N) is 1. The normalized spacial score (nSPS) is 19.5. The number of carbonyl (C=O) groups excluding carboxylic acids is 1. The second-order valence-electron chi connectivity index (χ2n) is 5.75. The second-order valence-corrected chi connectivity index (χ2v) is 6.60. The molecule has 1 aromatic rings. The molecule has 4 heteroatoms. The Hall–Kier alpha value is -0.900. The van der Waals surface area contributed by atoms with Gasteiger partial charge in [-0.25, -0.2) is 4.98 Å². The smallest absolute Gasteiger partial charge is 0.271 e. The summed E-state index contributed by atoms with van der Waals surface area (Å²) in [6.07, 6.45) is 6.10. The van der Waals surface area contributed by atoms with E-state index in [-0.39, 0.29) is 5.91 Å². The van der Waals surface area contributed by atoms with Gasteiger partial charge in [-0.15, -0.1) is 0 Å². The van der Waals surface area contributed by atoms with Crippen molar-refractivity contribution in [2.45, 2.75) is 45.6 Å². The standard InChI is InChI=1S/C14H19BrN2O/c1-14(2)7-5-10(6-8-14)17-13(18)12-11(15)4-3-9-16-12/h3-4,9-10H,5-8H2,1-2H3,(H,17,18). The Morgan fingerprint density at radius 1 is 1.44 bits per heavy atom. The van der Waals surface area contributed by atoms with Crippen LogP contribution in [0.25, 0.3) is 0 Å². The summed E-state index contributed by atoms with van der Waals surface area (Å²) in [5.74, 6) is -0.0767. The largest absolute Gasteiger partial charge is 0.348 e. The number of hydrogen-bond donors (Lipinski definition) is 1. The molecule has 0 atom stereocenters. The molecule has 1 aliphatic rings. The first kappa shape index (κ1) is 13.5. The molecule has 0 saturated heterocycles. The van der Waals surface area contributed by atoms with Gasteiger partial charge >= 0.3 is 0 Å². The summed E-state index contributed by atoms with van der Waals surface area (Å²) < 4.78 is 0.749. The molecule has 0 bridgehead atoms. The first-order chi connectivity index (χ1) is 8.48. The molecule has 0 aromatic carbocycles. The van der Waals surface area contributed by atoms with Crippen LogP contribution in [0.4, 0.5) is 0 Å². The van der Waals surface area contributed by atoms with Crippen molar-refractivity contribution in [3.8, 4) is 0 Å². The van der Waals surface area contributed by atoms with Crippen LogP contribution in [0.1, 0.15) is 50.0 Å². The molecule has 18 heavy (non-hydrogen) atoms. The number of hydrogen-bond acceptors (Lipinski definition) is 2. The van der Waals surface area contributed by atoms with Crippen LogP contribution in [0.2, 0.25) is 0 Å². The van der Waals surface area contributed by atoms with Crippen LogP contribution in [-0.4, -0.2) is 16.9 Å². The Kier molecular flexibility index (Phi) is 4.05. The van der Waals surface area contributed by atoms with Gasteiger partial charge in [0.2, 0.25) is 0 Å². The van der Waals surface area contributed by atoms with Crippen LogP contribution in [0, 0.1) is 5.41 Å². The fraction of sp³-hybridized carbons (Fsp3) is 0.571. The van der Waals surface area contributed by atoms with Crippen LogP contribution in [0.15, 0.2) is 22.8 Å². The maximum absolute atomic E-state index is 12.1. The average molecular weight is 311 g/mol.